The predicted molar refractivity (Wildman–Crippen MR) is 258 cm³/mol. The summed E-state index contributed by atoms with van der Waals surface area (Å²) in [4.78, 5) is 0. The maximum absolute atomic E-state index is 2.50. The van der Waals surface area contributed by atoms with E-state index in [0.29, 0.717) is 0 Å². The molecule has 4 aromatic heterocycles. The molecule has 0 amide bonds. The van der Waals surface area contributed by atoms with Crippen molar-refractivity contribution in [2.24, 2.45) is 0 Å². The zero-order valence-corrected chi connectivity index (χ0v) is 34.8. The average molecular weight is 785 g/mol. The quantitative estimate of drug-likeness (QED) is 0.169. The first-order valence-corrected chi connectivity index (χ1v) is 21.5. The van der Waals surface area contributed by atoms with Crippen LogP contribution in [0.15, 0.2) is 194 Å². The summed E-state index contributed by atoms with van der Waals surface area (Å²) in [5, 5.41) is 7.56. The highest BCUT2D eigenvalue weighted by Crippen LogP contribution is 2.51. The van der Waals surface area contributed by atoms with Crippen molar-refractivity contribution in [2.45, 2.75) is 33.1 Å². The van der Waals surface area contributed by atoms with Crippen LogP contribution >= 0.6 is 0 Å². The summed E-state index contributed by atoms with van der Waals surface area (Å²) < 4.78 is 9.60. The molecule has 13 rings (SSSR count). The number of rotatable bonds is 4. The van der Waals surface area contributed by atoms with Crippen molar-refractivity contribution in [1.29, 1.82) is 0 Å². The van der Waals surface area contributed by atoms with Crippen LogP contribution in [0.1, 0.15) is 38.8 Å². The highest BCUT2D eigenvalue weighted by Gasteiger charge is 2.36. The third-order valence-corrected chi connectivity index (χ3v) is 13.2. The third kappa shape index (κ3) is 4.93. The molecular formula is C57H44N4. The Kier molecular flexibility index (Phi) is 7.67. The smallest absolute Gasteiger partial charge is 0.0635 e. The van der Waals surface area contributed by atoms with Gasteiger partial charge in [0.15, 0.2) is 0 Å². The molecule has 0 radical (unpaired) electrons. The molecule has 292 valence electrons. The Labute approximate surface area is 354 Å². The summed E-state index contributed by atoms with van der Waals surface area (Å²) in [5.74, 6) is 0. The molecule has 1 aliphatic carbocycles. The number of aromatic nitrogens is 4. The van der Waals surface area contributed by atoms with Gasteiger partial charge in [0.25, 0.3) is 0 Å². The number of para-hydroxylation sites is 4. The molecule has 0 N–H and O–H groups in total. The number of hydrogen-bond acceptors (Lipinski definition) is 0. The molecule has 0 saturated heterocycles. The molecule has 12 aromatic rings. The minimum absolute atomic E-state index is 0.230. The van der Waals surface area contributed by atoms with E-state index in [2.05, 4.69) is 227 Å². The minimum atomic E-state index is -0.230. The van der Waals surface area contributed by atoms with Crippen molar-refractivity contribution in [3.05, 3.63) is 206 Å². The van der Waals surface area contributed by atoms with Crippen LogP contribution in [0.2, 0.25) is 0 Å². The minimum Gasteiger partial charge on any atom is -0.316 e. The Morgan fingerprint density at radius 3 is 1.18 bits per heavy atom. The van der Waals surface area contributed by atoms with E-state index in [1.54, 1.807) is 0 Å². The van der Waals surface area contributed by atoms with Gasteiger partial charge in [-0.05, 0) is 107 Å². The molecule has 0 fully saturated rings. The Morgan fingerprint density at radius 1 is 0.328 bits per heavy atom. The van der Waals surface area contributed by atoms with Gasteiger partial charge in [-0.25, -0.2) is 0 Å². The average Bonchev–Trinajstić information content (AvgIpc) is 4.13. The lowest BCUT2D eigenvalue weighted by Gasteiger charge is -2.23. The normalized spacial score (nSPS) is 13.0. The van der Waals surface area contributed by atoms with Gasteiger partial charge in [-0.1, -0.05) is 125 Å². The van der Waals surface area contributed by atoms with E-state index in [1.165, 1.54) is 99.0 Å². The van der Waals surface area contributed by atoms with Crippen molar-refractivity contribution >= 4 is 65.4 Å². The first-order valence-electron chi connectivity index (χ1n) is 21.5. The monoisotopic (exact) mass is 784 g/mol. The van der Waals surface area contributed by atoms with E-state index >= 15 is 0 Å². The first kappa shape index (κ1) is 35.4. The van der Waals surface area contributed by atoms with Crippen molar-refractivity contribution in [2.75, 3.05) is 0 Å². The lowest BCUT2D eigenvalue weighted by atomic mass is 9.82. The van der Waals surface area contributed by atoms with E-state index < -0.39 is 0 Å². The van der Waals surface area contributed by atoms with E-state index in [1.807, 2.05) is 13.8 Å². The van der Waals surface area contributed by atoms with Crippen LogP contribution in [0.25, 0.3) is 99.3 Å². The van der Waals surface area contributed by atoms with Gasteiger partial charge in [-0.15, -0.1) is 0 Å². The second-order valence-corrected chi connectivity index (χ2v) is 16.6. The van der Waals surface area contributed by atoms with Gasteiger partial charge < -0.3 is 18.3 Å². The van der Waals surface area contributed by atoms with Gasteiger partial charge in [0, 0.05) is 72.9 Å². The summed E-state index contributed by atoms with van der Waals surface area (Å²) in [5.41, 5.74) is 17.1. The fraction of sp³-hybridized carbons (Fsp3) is 0.0877. The van der Waals surface area contributed by atoms with Crippen molar-refractivity contribution in [1.82, 2.24) is 18.3 Å². The standard InChI is InChI=1S/C55H38N4.C2H6/c1-55(2)47-33-37(58-51-19-11-9-17-41(51)43-25-27-49-45(53(43)58)29-31-56(49)35-13-5-3-6-14-35)21-23-39(47)40-24-22-38(34-48(40)55)59-52-20-12-10-18-42(52)44-26-28-50-46(54(44)59)30-32-57(50)36-15-7-4-8-16-36;1-2/h3-34H,1-2H3;1-2H3. The van der Waals surface area contributed by atoms with Gasteiger partial charge in [-0.3, -0.25) is 0 Å². The van der Waals surface area contributed by atoms with E-state index in [9.17, 15) is 0 Å². The summed E-state index contributed by atoms with van der Waals surface area (Å²) in [6, 6.07) is 67.1. The number of nitrogens with zero attached hydrogens (tertiary/aromatic N) is 4. The molecule has 0 atom stereocenters. The van der Waals surface area contributed by atoms with Crippen LogP contribution in [-0.2, 0) is 5.41 Å². The van der Waals surface area contributed by atoms with Crippen LogP contribution in [0, 0.1) is 0 Å². The fourth-order valence-corrected chi connectivity index (χ4v) is 10.5. The summed E-state index contributed by atoms with van der Waals surface area (Å²) >= 11 is 0. The predicted octanol–water partition coefficient (Wildman–Crippen LogP) is 15.1. The topological polar surface area (TPSA) is 19.7 Å². The largest absolute Gasteiger partial charge is 0.316 e. The molecule has 1 aliphatic rings. The zero-order chi connectivity index (χ0) is 41.0. The highest BCUT2D eigenvalue weighted by molar-refractivity contribution is 6.19. The Balaban J connectivity index is 0.00000197. The molecule has 4 heterocycles. The molecule has 0 aliphatic heterocycles. The van der Waals surface area contributed by atoms with Crippen molar-refractivity contribution in [3.63, 3.8) is 0 Å². The molecular weight excluding hydrogens is 741 g/mol. The maximum Gasteiger partial charge on any atom is 0.0635 e. The molecule has 61 heavy (non-hydrogen) atoms. The molecule has 4 heteroatoms. The van der Waals surface area contributed by atoms with Crippen molar-refractivity contribution in [3.8, 4) is 33.9 Å². The molecule has 0 bridgehead atoms. The molecule has 0 spiro atoms. The van der Waals surface area contributed by atoms with Gasteiger partial charge in [0.05, 0.1) is 33.1 Å². The van der Waals surface area contributed by atoms with Gasteiger partial charge >= 0.3 is 0 Å². The SMILES string of the molecule is CC.CC1(C)c2cc(-n3c4ccccc4c4ccc5c(ccn5-c5ccccc5)c43)ccc2-c2ccc(-n3c4ccccc4c4ccc5c(ccn5-c5ccccc5)c43)cc21. The number of benzene rings is 8. The molecule has 0 saturated carbocycles. The van der Waals surface area contributed by atoms with Crippen LogP contribution in [-0.4, -0.2) is 18.3 Å². The number of fused-ring (bicyclic) bond motifs is 13. The zero-order valence-electron chi connectivity index (χ0n) is 34.8. The van der Waals surface area contributed by atoms with Crippen molar-refractivity contribution < 1.29 is 0 Å². The Bertz CT molecular complexity index is 3440. The van der Waals surface area contributed by atoms with Gasteiger partial charge in [0.2, 0.25) is 0 Å². The van der Waals surface area contributed by atoms with Crippen LogP contribution in [0.4, 0.5) is 0 Å². The van der Waals surface area contributed by atoms with E-state index in [0.717, 1.165) is 11.4 Å². The second kappa shape index (κ2) is 13.2. The Morgan fingerprint density at radius 2 is 0.738 bits per heavy atom. The third-order valence-electron chi connectivity index (χ3n) is 13.2. The van der Waals surface area contributed by atoms with Crippen LogP contribution in [0.5, 0.6) is 0 Å². The Hall–Kier alpha value is -7.56. The summed E-state index contributed by atoms with van der Waals surface area (Å²) in [6.45, 7) is 8.80. The second-order valence-electron chi connectivity index (χ2n) is 16.6. The summed E-state index contributed by atoms with van der Waals surface area (Å²) in [7, 11) is 0. The maximum atomic E-state index is 2.50. The molecule has 4 nitrogen and oxygen atoms in total. The van der Waals surface area contributed by atoms with E-state index in [4.69, 9.17) is 0 Å². The molecule has 0 unspecified atom stereocenters. The van der Waals surface area contributed by atoms with E-state index in [-0.39, 0.29) is 5.41 Å². The fourth-order valence-electron chi connectivity index (χ4n) is 10.5. The van der Waals surface area contributed by atoms with Crippen LogP contribution in [0.3, 0.4) is 0 Å². The molecule has 8 aromatic carbocycles. The first-order chi connectivity index (χ1) is 30.0. The van der Waals surface area contributed by atoms with Gasteiger partial charge in [0.1, 0.15) is 0 Å². The lowest BCUT2D eigenvalue weighted by molar-refractivity contribution is 0.659. The summed E-state index contributed by atoms with van der Waals surface area (Å²) in [6.07, 6.45) is 4.42. The van der Waals surface area contributed by atoms with Gasteiger partial charge in [-0.2, -0.15) is 0 Å². The number of hydrogen-bond donors (Lipinski definition) is 0. The van der Waals surface area contributed by atoms with Crippen LogP contribution < -0.4 is 0 Å². The highest BCUT2D eigenvalue weighted by atomic mass is 15.0. The lowest BCUT2D eigenvalue weighted by Crippen LogP contribution is -2.16.